The van der Waals surface area contributed by atoms with Gasteiger partial charge >= 0.3 is 0 Å². The number of hydrogen-bond acceptors (Lipinski definition) is 4. The zero-order chi connectivity index (χ0) is 10.5. The molecule has 2 aromatic rings. The summed E-state index contributed by atoms with van der Waals surface area (Å²) in [7, 11) is 1.85. The zero-order valence-corrected chi connectivity index (χ0v) is 8.53. The molecule has 0 bridgehead atoms. The molecule has 0 aromatic carbocycles. The van der Waals surface area contributed by atoms with Gasteiger partial charge in [-0.15, -0.1) is 0 Å². The molecule has 0 unspecified atom stereocenters. The number of anilines is 2. The van der Waals surface area contributed by atoms with E-state index in [9.17, 15) is 0 Å². The van der Waals surface area contributed by atoms with E-state index in [0.29, 0.717) is 6.54 Å². The molecule has 0 radical (unpaired) electrons. The number of nitrogens with one attached hydrogen (secondary N) is 2. The summed E-state index contributed by atoms with van der Waals surface area (Å²) in [5.74, 6) is 2.57. The van der Waals surface area contributed by atoms with Crippen molar-refractivity contribution in [1.82, 2.24) is 4.98 Å². The van der Waals surface area contributed by atoms with E-state index in [2.05, 4.69) is 15.6 Å². The second-order valence-corrected chi connectivity index (χ2v) is 3.09. The summed E-state index contributed by atoms with van der Waals surface area (Å²) in [6.45, 7) is 0.646. The Kier molecular flexibility index (Phi) is 2.88. The van der Waals surface area contributed by atoms with Crippen molar-refractivity contribution in [3.05, 3.63) is 42.4 Å². The molecule has 0 spiro atoms. The van der Waals surface area contributed by atoms with Crippen LogP contribution in [0.5, 0.6) is 0 Å². The van der Waals surface area contributed by atoms with Crippen molar-refractivity contribution in [2.75, 3.05) is 17.7 Å². The number of furan rings is 1. The van der Waals surface area contributed by atoms with E-state index in [0.717, 1.165) is 17.4 Å². The van der Waals surface area contributed by atoms with Crippen LogP contribution in [0.2, 0.25) is 0 Å². The molecule has 2 N–H and O–H groups in total. The first-order chi connectivity index (χ1) is 7.38. The van der Waals surface area contributed by atoms with E-state index < -0.39 is 0 Å². The minimum atomic E-state index is 0.646. The van der Waals surface area contributed by atoms with Gasteiger partial charge in [0.05, 0.1) is 12.8 Å². The van der Waals surface area contributed by atoms with Crippen LogP contribution in [-0.4, -0.2) is 12.0 Å². The predicted octanol–water partition coefficient (Wildman–Crippen LogP) is 2.33. The van der Waals surface area contributed by atoms with E-state index >= 15 is 0 Å². The number of aromatic nitrogens is 1. The van der Waals surface area contributed by atoms with Crippen LogP contribution >= 0.6 is 0 Å². The van der Waals surface area contributed by atoms with Crippen molar-refractivity contribution in [2.24, 2.45) is 0 Å². The van der Waals surface area contributed by atoms with Gasteiger partial charge in [-0.2, -0.15) is 0 Å². The van der Waals surface area contributed by atoms with E-state index in [1.54, 1.807) is 6.26 Å². The molecule has 0 aliphatic carbocycles. The minimum absolute atomic E-state index is 0.646. The first-order valence-electron chi connectivity index (χ1n) is 4.79. The molecular formula is C11H13N3O. The molecule has 0 atom stereocenters. The van der Waals surface area contributed by atoms with E-state index in [-0.39, 0.29) is 0 Å². The van der Waals surface area contributed by atoms with Gasteiger partial charge in [-0.3, -0.25) is 0 Å². The highest BCUT2D eigenvalue weighted by Gasteiger charge is 1.97. The van der Waals surface area contributed by atoms with Crippen molar-refractivity contribution in [2.45, 2.75) is 6.54 Å². The summed E-state index contributed by atoms with van der Waals surface area (Å²) in [6.07, 6.45) is 1.66. The molecule has 0 aliphatic rings. The standard InChI is InChI=1S/C11H13N3O/c1-12-10-5-2-6-11(14-10)13-8-9-4-3-7-15-9/h2-7H,8H2,1H3,(H2,12,13,14). The topological polar surface area (TPSA) is 50.1 Å². The van der Waals surface area contributed by atoms with Gasteiger partial charge in [-0.05, 0) is 24.3 Å². The van der Waals surface area contributed by atoms with Crippen LogP contribution in [0.1, 0.15) is 5.76 Å². The third-order valence-electron chi connectivity index (χ3n) is 2.03. The van der Waals surface area contributed by atoms with Crippen molar-refractivity contribution < 1.29 is 4.42 Å². The second-order valence-electron chi connectivity index (χ2n) is 3.09. The highest BCUT2D eigenvalue weighted by atomic mass is 16.3. The van der Waals surface area contributed by atoms with Gasteiger partial charge in [0.1, 0.15) is 17.4 Å². The van der Waals surface area contributed by atoms with Gasteiger partial charge in [-0.1, -0.05) is 6.07 Å². The molecular weight excluding hydrogens is 190 g/mol. The summed E-state index contributed by atoms with van der Waals surface area (Å²) in [5, 5.41) is 6.16. The Morgan fingerprint density at radius 3 is 2.80 bits per heavy atom. The lowest BCUT2D eigenvalue weighted by Gasteiger charge is -2.05. The van der Waals surface area contributed by atoms with Crippen LogP contribution in [0.15, 0.2) is 41.0 Å². The normalized spacial score (nSPS) is 9.93. The second kappa shape index (κ2) is 4.50. The van der Waals surface area contributed by atoms with Crippen LogP contribution < -0.4 is 10.6 Å². The van der Waals surface area contributed by atoms with Crippen LogP contribution in [-0.2, 0) is 6.54 Å². The molecule has 78 valence electrons. The largest absolute Gasteiger partial charge is 0.467 e. The zero-order valence-electron chi connectivity index (χ0n) is 8.53. The summed E-state index contributed by atoms with van der Waals surface area (Å²) in [5.41, 5.74) is 0. The Labute approximate surface area is 88.3 Å². The van der Waals surface area contributed by atoms with Crippen LogP contribution in [0.3, 0.4) is 0 Å². The van der Waals surface area contributed by atoms with Gasteiger partial charge in [-0.25, -0.2) is 4.98 Å². The van der Waals surface area contributed by atoms with Crippen molar-refractivity contribution in [3.63, 3.8) is 0 Å². The Morgan fingerprint density at radius 2 is 2.07 bits per heavy atom. The Morgan fingerprint density at radius 1 is 1.20 bits per heavy atom. The summed E-state index contributed by atoms with van der Waals surface area (Å²) >= 11 is 0. The SMILES string of the molecule is CNc1cccc(NCc2ccco2)n1. The molecule has 15 heavy (non-hydrogen) atoms. The fraction of sp³-hybridized carbons (Fsp3) is 0.182. The van der Waals surface area contributed by atoms with E-state index in [1.165, 1.54) is 0 Å². The van der Waals surface area contributed by atoms with Crippen molar-refractivity contribution >= 4 is 11.6 Å². The van der Waals surface area contributed by atoms with Gasteiger partial charge in [0.15, 0.2) is 0 Å². The monoisotopic (exact) mass is 203 g/mol. The lowest BCUT2D eigenvalue weighted by Crippen LogP contribution is -2.01. The van der Waals surface area contributed by atoms with Crippen molar-refractivity contribution in [1.29, 1.82) is 0 Å². The fourth-order valence-electron chi connectivity index (χ4n) is 1.26. The van der Waals surface area contributed by atoms with E-state index in [4.69, 9.17) is 4.42 Å². The average Bonchev–Trinajstić information content (AvgIpc) is 2.79. The number of rotatable bonds is 4. The maximum absolute atomic E-state index is 5.21. The van der Waals surface area contributed by atoms with Crippen LogP contribution in [0.4, 0.5) is 11.6 Å². The quantitative estimate of drug-likeness (QED) is 0.800. The lowest BCUT2D eigenvalue weighted by atomic mass is 10.4. The average molecular weight is 203 g/mol. The van der Waals surface area contributed by atoms with Gasteiger partial charge < -0.3 is 15.1 Å². The third-order valence-corrected chi connectivity index (χ3v) is 2.03. The molecule has 0 saturated heterocycles. The van der Waals surface area contributed by atoms with Gasteiger partial charge in [0.2, 0.25) is 0 Å². The Balaban J connectivity index is 1.98. The molecule has 0 saturated carbocycles. The fourth-order valence-corrected chi connectivity index (χ4v) is 1.26. The maximum Gasteiger partial charge on any atom is 0.128 e. The first kappa shape index (κ1) is 9.58. The summed E-state index contributed by atoms with van der Waals surface area (Å²) in [6, 6.07) is 9.58. The minimum Gasteiger partial charge on any atom is -0.467 e. The molecule has 4 heteroatoms. The molecule has 0 amide bonds. The molecule has 2 aromatic heterocycles. The highest BCUT2D eigenvalue weighted by Crippen LogP contribution is 2.10. The third kappa shape index (κ3) is 2.49. The number of pyridine rings is 1. The lowest BCUT2D eigenvalue weighted by molar-refractivity contribution is 0.518. The number of hydrogen-bond donors (Lipinski definition) is 2. The molecule has 4 nitrogen and oxygen atoms in total. The molecule has 2 rings (SSSR count). The molecule has 0 aliphatic heterocycles. The summed E-state index contributed by atoms with van der Waals surface area (Å²) < 4.78 is 5.21. The smallest absolute Gasteiger partial charge is 0.128 e. The molecule has 2 heterocycles. The highest BCUT2D eigenvalue weighted by molar-refractivity contribution is 5.44. The van der Waals surface area contributed by atoms with Crippen LogP contribution in [0, 0.1) is 0 Å². The van der Waals surface area contributed by atoms with Crippen LogP contribution in [0.25, 0.3) is 0 Å². The summed E-state index contributed by atoms with van der Waals surface area (Å²) in [4.78, 5) is 4.33. The first-order valence-corrected chi connectivity index (χ1v) is 4.79. The molecule has 0 fully saturated rings. The van der Waals surface area contributed by atoms with Crippen molar-refractivity contribution in [3.8, 4) is 0 Å². The van der Waals surface area contributed by atoms with Gasteiger partial charge in [0.25, 0.3) is 0 Å². The van der Waals surface area contributed by atoms with Gasteiger partial charge in [0, 0.05) is 7.05 Å². The Bertz CT molecular complexity index is 412. The predicted molar refractivity (Wildman–Crippen MR) is 59.8 cm³/mol. The Hall–Kier alpha value is -1.97. The number of nitrogens with zero attached hydrogens (tertiary/aromatic N) is 1. The van der Waals surface area contributed by atoms with E-state index in [1.807, 2.05) is 37.4 Å². The maximum atomic E-state index is 5.21.